The van der Waals surface area contributed by atoms with Gasteiger partial charge < -0.3 is 0 Å². The Balaban J connectivity index is 2.30. The third-order valence-electron chi connectivity index (χ3n) is 2.89. The summed E-state index contributed by atoms with van der Waals surface area (Å²) < 4.78 is 54.3. The van der Waals surface area contributed by atoms with Crippen molar-refractivity contribution in [1.82, 2.24) is 4.72 Å². The molecule has 3 nitrogen and oxygen atoms in total. The monoisotopic (exact) mass is 395 g/mol. The van der Waals surface area contributed by atoms with Crippen LogP contribution in [-0.2, 0) is 10.0 Å². The highest BCUT2D eigenvalue weighted by molar-refractivity contribution is 9.11. The molecule has 1 aromatic carbocycles. The summed E-state index contributed by atoms with van der Waals surface area (Å²) in [5, 5.41) is 0. The van der Waals surface area contributed by atoms with Crippen LogP contribution in [0.1, 0.15) is 23.4 Å². The number of aryl methyl sites for hydroxylation is 1. The lowest BCUT2D eigenvalue weighted by Crippen LogP contribution is -2.27. The van der Waals surface area contributed by atoms with E-state index in [9.17, 15) is 17.2 Å². The molecule has 0 bridgehead atoms. The average Bonchev–Trinajstić information content (AvgIpc) is 2.68. The fourth-order valence-corrected chi connectivity index (χ4v) is 5.55. The number of hydrogen-bond donors (Lipinski definition) is 1. The maximum atomic E-state index is 13.7. The summed E-state index contributed by atoms with van der Waals surface area (Å²) in [7, 11) is -3.77. The Labute approximate surface area is 134 Å². The summed E-state index contributed by atoms with van der Waals surface area (Å²) in [4.78, 5) is 0.773. The van der Waals surface area contributed by atoms with E-state index in [-0.39, 0.29) is 10.5 Å². The molecule has 0 aliphatic rings. The van der Waals surface area contributed by atoms with Crippen molar-refractivity contribution >= 4 is 37.3 Å². The first-order valence-electron chi connectivity index (χ1n) is 5.94. The van der Waals surface area contributed by atoms with Crippen molar-refractivity contribution in [2.24, 2.45) is 0 Å². The van der Waals surface area contributed by atoms with Crippen LogP contribution in [0.3, 0.4) is 0 Å². The number of sulfonamides is 1. The number of hydrogen-bond acceptors (Lipinski definition) is 3. The van der Waals surface area contributed by atoms with E-state index in [1.165, 1.54) is 30.4 Å². The van der Waals surface area contributed by atoms with Gasteiger partial charge in [-0.15, -0.1) is 11.3 Å². The standard InChI is InChI=1S/C13H12BrF2NO2S2/c1-7(10-4-3-9(15)5-11(10)16)17-21(18,19)12-6-13(14)20-8(12)2/h3-7,17H,1-2H3. The molecule has 0 saturated heterocycles. The fraction of sp³-hybridized carbons (Fsp3) is 0.231. The SMILES string of the molecule is Cc1sc(Br)cc1S(=O)(=O)NC(C)c1ccc(F)cc1F. The minimum Gasteiger partial charge on any atom is -0.207 e. The zero-order valence-corrected chi connectivity index (χ0v) is 14.4. The van der Waals surface area contributed by atoms with Crippen molar-refractivity contribution in [3.05, 3.63) is 50.1 Å². The maximum absolute atomic E-state index is 13.7. The van der Waals surface area contributed by atoms with Gasteiger partial charge in [0.1, 0.15) is 11.6 Å². The lowest BCUT2D eigenvalue weighted by atomic mass is 10.1. The lowest BCUT2D eigenvalue weighted by molar-refractivity contribution is 0.540. The highest BCUT2D eigenvalue weighted by Gasteiger charge is 2.23. The van der Waals surface area contributed by atoms with Crippen LogP contribution in [0, 0.1) is 18.6 Å². The Morgan fingerprint density at radius 3 is 2.48 bits per heavy atom. The van der Waals surface area contributed by atoms with Crippen molar-refractivity contribution in [2.75, 3.05) is 0 Å². The normalized spacial score (nSPS) is 13.4. The Morgan fingerprint density at radius 2 is 1.95 bits per heavy atom. The van der Waals surface area contributed by atoms with Gasteiger partial charge in [-0.05, 0) is 41.9 Å². The van der Waals surface area contributed by atoms with Crippen LogP contribution >= 0.6 is 27.3 Å². The average molecular weight is 396 g/mol. The summed E-state index contributed by atoms with van der Waals surface area (Å²) in [5.74, 6) is -1.49. The van der Waals surface area contributed by atoms with E-state index in [2.05, 4.69) is 20.7 Å². The molecule has 1 unspecified atom stereocenters. The van der Waals surface area contributed by atoms with E-state index < -0.39 is 27.7 Å². The number of halogens is 3. The summed E-state index contributed by atoms with van der Waals surface area (Å²) in [6.07, 6.45) is 0. The molecule has 21 heavy (non-hydrogen) atoms. The van der Waals surface area contributed by atoms with Crippen LogP contribution in [0.5, 0.6) is 0 Å². The van der Waals surface area contributed by atoms with Crippen LogP contribution < -0.4 is 4.72 Å². The summed E-state index contributed by atoms with van der Waals surface area (Å²) in [6.45, 7) is 3.19. The summed E-state index contributed by atoms with van der Waals surface area (Å²) >= 11 is 4.53. The molecule has 114 valence electrons. The van der Waals surface area contributed by atoms with E-state index >= 15 is 0 Å². The van der Waals surface area contributed by atoms with Crippen LogP contribution in [0.2, 0.25) is 0 Å². The van der Waals surface area contributed by atoms with Gasteiger partial charge in [0.05, 0.1) is 8.68 Å². The van der Waals surface area contributed by atoms with Gasteiger partial charge in [0, 0.05) is 22.5 Å². The first-order chi connectivity index (χ1) is 9.70. The molecule has 1 N–H and O–H groups in total. The van der Waals surface area contributed by atoms with E-state index in [0.717, 1.165) is 12.1 Å². The Morgan fingerprint density at radius 1 is 1.29 bits per heavy atom. The highest BCUT2D eigenvalue weighted by atomic mass is 79.9. The maximum Gasteiger partial charge on any atom is 0.242 e. The minimum atomic E-state index is -3.77. The van der Waals surface area contributed by atoms with Crippen molar-refractivity contribution < 1.29 is 17.2 Å². The molecule has 0 amide bonds. The van der Waals surface area contributed by atoms with Crippen molar-refractivity contribution in [2.45, 2.75) is 24.8 Å². The van der Waals surface area contributed by atoms with Gasteiger partial charge in [0.25, 0.3) is 0 Å². The highest BCUT2D eigenvalue weighted by Crippen LogP contribution is 2.30. The molecule has 1 atom stereocenters. The van der Waals surface area contributed by atoms with Crippen LogP contribution in [-0.4, -0.2) is 8.42 Å². The van der Waals surface area contributed by atoms with Gasteiger partial charge in [0.2, 0.25) is 10.0 Å². The predicted octanol–water partition coefficient (Wildman–Crippen LogP) is 4.14. The Hall–Kier alpha value is -0.830. The molecular weight excluding hydrogens is 384 g/mol. The van der Waals surface area contributed by atoms with Crippen LogP contribution in [0.4, 0.5) is 8.78 Å². The second kappa shape index (κ2) is 6.12. The van der Waals surface area contributed by atoms with Gasteiger partial charge in [-0.2, -0.15) is 0 Å². The quantitative estimate of drug-likeness (QED) is 0.845. The zero-order valence-electron chi connectivity index (χ0n) is 11.2. The second-order valence-electron chi connectivity index (χ2n) is 4.48. The van der Waals surface area contributed by atoms with Crippen molar-refractivity contribution in [1.29, 1.82) is 0 Å². The van der Waals surface area contributed by atoms with Crippen molar-refractivity contribution in [3.63, 3.8) is 0 Å². The number of benzene rings is 1. The first-order valence-corrected chi connectivity index (χ1v) is 9.03. The smallest absolute Gasteiger partial charge is 0.207 e. The lowest BCUT2D eigenvalue weighted by Gasteiger charge is -2.15. The molecule has 2 aromatic rings. The molecule has 0 fully saturated rings. The Kier molecular flexibility index (Phi) is 4.82. The molecule has 2 rings (SSSR count). The van der Waals surface area contributed by atoms with Gasteiger partial charge >= 0.3 is 0 Å². The molecular formula is C13H12BrF2NO2S2. The van der Waals surface area contributed by atoms with Gasteiger partial charge in [-0.1, -0.05) is 6.07 Å². The van der Waals surface area contributed by atoms with Gasteiger partial charge in [-0.3, -0.25) is 0 Å². The largest absolute Gasteiger partial charge is 0.242 e. The molecule has 0 aliphatic heterocycles. The van der Waals surface area contributed by atoms with Gasteiger partial charge in [0.15, 0.2) is 0 Å². The molecule has 1 heterocycles. The Bertz CT molecular complexity index is 774. The third kappa shape index (κ3) is 3.68. The minimum absolute atomic E-state index is 0.0897. The molecule has 1 aromatic heterocycles. The molecule has 0 radical (unpaired) electrons. The third-order valence-corrected chi connectivity index (χ3v) is 6.24. The second-order valence-corrected chi connectivity index (χ2v) is 8.80. The van der Waals surface area contributed by atoms with E-state index in [0.29, 0.717) is 8.66 Å². The van der Waals surface area contributed by atoms with Crippen LogP contribution in [0.25, 0.3) is 0 Å². The van der Waals surface area contributed by atoms with E-state index in [4.69, 9.17) is 0 Å². The number of thiophene rings is 1. The topological polar surface area (TPSA) is 46.2 Å². The summed E-state index contributed by atoms with van der Waals surface area (Å²) in [5.41, 5.74) is 0.0897. The molecule has 0 aliphatic carbocycles. The van der Waals surface area contributed by atoms with E-state index in [1.54, 1.807) is 6.92 Å². The molecule has 0 spiro atoms. The summed E-state index contributed by atoms with van der Waals surface area (Å²) in [6, 6.07) is 3.74. The number of nitrogens with one attached hydrogen (secondary N) is 1. The van der Waals surface area contributed by atoms with E-state index in [1.807, 2.05) is 0 Å². The van der Waals surface area contributed by atoms with Crippen molar-refractivity contribution in [3.8, 4) is 0 Å². The number of rotatable bonds is 4. The predicted molar refractivity (Wildman–Crippen MR) is 81.9 cm³/mol. The fourth-order valence-electron chi connectivity index (χ4n) is 1.91. The first kappa shape index (κ1) is 16.5. The molecule has 8 heteroatoms. The van der Waals surface area contributed by atoms with Gasteiger partial charge in [-0.25, -0.2) is 21.9 Å². The van der Waals surface area contributed by atoms with Crippen LogP contribution in [0.15, 0.2) is 32.9 Å². The molecule has 0 saturated carbocycles. The zero-order chi connectivity index (χ0) is 15.8.